The molecule has 3 N–H and O–H groups in total. The summed E-state index contributed by atoms with van der Waals surface area (Å²) >= 11 is 0. The number of rotatable bonds is 14. The van der Waals surface area contributed by atoms with Gasteiger partial charge >= 0.3 is 6.09 Å². The maximum atomic E-state index is 13.3. The molecule has 1 amide bonds. The van der Waals surface area contributed by atoms with Crippen molar-refractivity contribution in [1.29, 1.82) is 0 Å². The average molecular weight is 730 g/mol. The number of nitrogens with one attached hydrogen (secondary N) is 2. The summed E-state index contributed by atoms with van der Waals surface area (Å²) in [5.74, 6) is 0.509. The van der Waals surface area contributed by atoms with Gasteiger partial charge in [-0.3, -0.25) is 4.55 Å². The molecule has 4 rings (SSSR count). The van der Waals surface area contributed by atoms with Crippen LogP contribution in [0, 0.1) is 0 Å². The van der Waals surface area contributed by atoms with Gasteiger partial charge in [0.2, 0.25) is 15.4 Å². The number of alkyl carbamates (subject to hydrolysis) is 1. The highest BCUT2D eigenvalue weighted by molar-refractivity contribution is 7.89. The first-order valence-corrected chi connectivity index (χ1v) is 19.9. The summed E-state index contributed by atoms with van der Waals surface area (Å²) in [7, 11) is -9.07. The number of carbonyl (C=O) groups is 1. The molecule has 272 valence electrons. The Morgan fingerprint density at radius 1 is 0.880 bits per heavy atom. The summed E-state index contributed by atoms with van der Waals surface area (Å²) in [6.07, 6.45) is 0.314. The van der Waals surface area contributed by atoms with E-state index in [9.17, 15) is 26.2 Å². The first kappa shape index (κ1) is 38.8. The molecule has 14 heteroatoms. The summed E-state index contributed by atoms with van der Waals surface area (Å²) < 4.78 is 79.3. The van der Waals surface area contributed by atoms with E-state index in [1.807, 2.05) is 36.4 Å². The zero-order valence-corrected chi connectivity index (χ0v) is 31.5. The molecule has 1 aliphatic carbocycles. The smallest absolute Gasteiger partial charge is 0.407 e. The molecule has 12 nitrogen and oxygen atoms in total. The minimum absolute atomic E-state index is 0.0422. The molecule has 0 bridgehead atoms. The van der Waals surface area contributed by atoms with E-state index in [1.165, 1.54) is 12.1 Å². The third-order valence-electron chi connectivity index (χ3n) is 8.32. The SMILES string of the molecule is CCN(CC)c1ccc2c(-c3ccc(S(=O)(=O)NCCCCNC(=O)OC(C)(C)C)cc3S(=O)(=O)O)c3ccc(=[N+](CC)CC)cc-3oc2c1. The highest BCUT2D eigenvalue weighted by Crippen LogP contribution is 2.43. The molecule has 0 atom stereocenters. The van der Waals surface area contributed by atoms with Crippen molar-refractivity contribution in [1.82, 2.24) is 14.6 Å². The van der Waals surface area contributed by atoms with Crippen LogP contribution in [0.2, 0.25) is 0 Å². The molecule has 2 aliphatic rings. The minimum Gasteiger partial charge on any atom is -0.456 e. The topological polar surface area (TPSA) is 158 Å². The van der Waals surface area contributed by atoms with Crippen LogP contribution < -0.4 is 24.9 Å². The summed E-state index contributed by atoms with van der Waals surface area (Å²) in [6.45, 7) is 16.9. The van der Waals surface area contributed by atoms with Crippen molar-refractivity contribution < 1.29 is 35.3 Å². The van der Waals surface area contributed by atoms with Gasteiger partial charge in [0.1, 0.15) is 34.9 Å². The van der Waals surface area contributed by atoms with Crippen LogP contribution in [0.1, 0.15) is 61.3 Å². The third-order valence-corrected chi connectivity index (χ3v) is 10.7. The molecular weight excluding hydrogens is 681 g/mol. The molecule has 0 aromatic heterocycles. The molecule has 1 heterocycles. The van der Waals surface area contributed by atoms with Gasteiger partial charge in [-0.05, 0) is 91.6 Å². The number of fused-ring (bicyclic) bond motifs is 2. The van der Waals surface area contributed by atoms with Crippen LogP contribution in [-0.4, -0.2) is 72.4 Å². The molecule has 0 fully saturated rings. The van der Waals surface area contributed by atoms with Gasteiger partial charge in [-0.2, -0.15) is 8.42 Å². The Labute approximate surface area is 295 Å². The fourth-order valence-corrected chi connectivity index (χ4v) is 7.76. The largest absolute Gasteiger partial charge is 0.456 e. The Morgan fingerprint density at radius 3 is 2.16 bits per heavy atom. The van der Waals surface area contributed by atoms with Crippen LogP contribution >= 0.6 is 0 Å². The maximum absolute atomic E-state index is 13.3. The molecular formula is C36H49N4O8S2+. The second-order valence-electron chi connectivity index (χ2n) is 12.8. The highest BCUT2D eigenvalue weighted by Gasteiger charge is 2.27. The number of hydrogen-bond donors (Lipinski definition) is 3. The number of nitrogens with zero attached hydrogens (tertiary/aromatic N) is 2. The fourth-order valence-electron chi connectivity index (χ4n) is 5.86. The van der Waals surface area contributed by atoms with Crippen LogP contribution in [0.25, 0.3) is 33.4 Å². The molecule has 0 saturated carbocycles. The number of sulfonamides is 1. The first-order valence-electron chi connectivity index (χ1n) is 16.9. The van der Waals surface area contributed by atoms with Crippen molar-refractivity contribution in [3.05, 3.63) is 60.0 Å². The number of ether oxygens (including phenoxy) is 1. The standard InChI is InChI=1S/C36H48N4O8S2/c1-8-39(9-2)25-14-17-28-31(22-25)47-32-23-26(40(10-3)11-4)15-18-29(32)34(28)30-19-16-27(24-33(30)50(44,45)46)49(42,43)38-21-13-12-20-37-35(41)48-36(5,6)7/h14-19,22-24,38H,8-13,20-21H2,1-7H3,(H-,37,41,44,45,46)/p+1. The van der Waals surface area contributed by atoms with E-state index >= 15 is 0 Å². The minimum atomic E-state index is -4.91. The van der Waals surface area contributed by atoms with Crippen LogP contribution in [0.3, 0.4) is 0 Å². The van der Waals surface area contributed by atoms with E-state index in [2.05, 4.69) is 47.2 Å². The lowest BCUT2D eigenvalue weighted by atomic mass is 9.93. The summed E-state index contributed by atoms with van der Waals surface area (Å²) in [5.41, 5.74) is 2.03. The van der Waals surface area contributed by atoms with Gasteiger partial charge in [0.05, 0.1) is 11.0 Å². The second kappa shape index (κ2) is 15.9. The normalized spacial score (nSPS) is 12.3. The van der Waals surface area contributed by atoms with Gasteiger partial charge in [0, 0.05) is 66.1 Å². The third kappa shape index (κ3) is 9.22. The molecule has 0 radical (unpaired) electrons. The Kier molecular flexibility index (Phi) is 12.4. The second-order valence-corrected chi connectivity index (χ2v) is 16.0. The Bertz CT molecular complexity index is 2090. The van der Waals surface area contributed by atoms with E-state index in [4.69, 9.17) is 9.15 Å². The number of benzene rings is 3. The molecule has 0 unspecified atom stereocenters. The Balaban J connectivity index is 1.77. The molecule has 1 aliphatic heterocycles. The van der Waals surface area contributed by atoms with Crippen LogP contribution in [0.15, 0.2) is 68.8 Å². The number of anilines is 1. The molecule has 0 spiro atoms. The van der Waals surface area contributed by atoms with Crippen molar-refractivity contribution >= 4 is 42.9 Å². The van der Waals surface area contributed by atoms with Crippen molar-refractivity contribution in [2.45, 2.75) is 76.7 Å². The number of amides is 1. The predicted octanol–water partition coefficient (Wildman–Crippen LogP) is 5.69. The van der Waals surface area contributed by atoms with Gasteiger partial charge in [-0.1, -0.05) is 6.07 Å². The van der Waals surface area contributed by atoms with Crippen molar-refractivity contribution in [2.75, 3.05) is 44.2 Å². The van der Waals surface area contributed by atoms with Gasteiger partial charge in [0.15, 0.2) is 0 Å². The lowest BCUT2D eigenvalue weighted by Crippen LogP contribution is -2.33. The number of hydrogen-bond acceptors (Lipinski definition) is 8. The van der Waals surface area contributed by atoms with E-state index in [0.717, 1.165) is 43.3 Å². The average Bonchev–Trinajstić information content (AvgIpc) is 3.04. The molecule has 0 saturated heterocycles. The van der Waals surface area contributed by atoms with Crippen molar-refractivity contribution in [3.63, 3.8) is 0 Å². The van der Waals surface area contributed by atoms with E-state index in [0.29, 0.717) is 40.7 Å². The van der Waals surface area contributed by atoms with E-state index in [1.54, 1.807) is 20.8 Å². The van der Waals surface area contributed by atoms with Crippen molar-refractivity contribution in [2.24, 2.45) is 0 Å². The van der Waals surface area contributed by atoms with Crippen LogP contribution in [0.4, 0.5) is 10.5 Å². The maximum Gasteiger partial charge on any atom is 0.407 e. The molecule has 2 aromatic rings. The van der Waals surface area contributed by atoms with E-state index < -0.39 is 36.7 Å². The highest BCUT2D eigenvalue weighted by atomic mass is 32.2. The van der Waals surface area contributed by atoms with Gasteiger partial charge in [-0.25, -0.2) is 22.5 Å². The van der Waals surface area contributed by atoms with Crippen LogP contribution in [-0.2, 0) is 24.9 Å². The Hall–Kier alpha value is -3.98. The van der Waals surface area contributed by atoms with Gasteiger partial charge < -0.3 is 19.4 Å². The summed E-state index contributed by atoms with van der Waals surface area (Å²) in [4.78, 5) is 13.1. The predicted molar refractivity (Wildman–Crippen MR) is 197 cm³/mol. The zero-order chi connectivity index (χ0) is 36.9. The number of carbonyl (C=O) groups excluding carboxylic acids is 1. The Morgan fingerprint density at radius 2 is 1.54 bits per heavy atom. The lowest BCUT2D eigenvalue weighted by Gasteiger charge is -2.22. The molecule has 2 aromatic carbocycles. The van der Waals surface area contributed by atoms with Crippen molar-refractivity contribution in [3.8, 4) is 22.5 Å². The zero-order valence-electron chi connectivity index (χ0n) is 29.9. The monoisotopic (exact) mass is 729 g/mol. The first-order chi connectivity index (χ1) is 23.5. The fraction of sp³-hybridized carbons (Fsp3) is 0.444. The quantitative estimate of drug-likeness (QED) is 0.0642. The van der Waals surface area contributed by atoms with E-state index in [-0.39, 0.29) is 23.5 Å². The number of unbranched alkanes of at least 4 members (excludes halogenated alkanes) is 1. The van der Waals surface area contributed by atoms with Gasteiger partial charge in [0.25, 0.3) is 10.1 Å². The van der Waals surface area contributed by atoms with Gasteiger partial charge in [-0.15, -0.1) is 0 Å². The summed E-state index contributed by atoms with van der Waals surface area (Å²) in [6, 6.07) is 15.1. The molecule has 50 heavy (non-hydrogen) atoms. The summed E-state index contributed by atoms with van der Waals surface area (Å²) in [5, 5.41) is 4.15. The lowest BCUT2D eigenvalue weighted by molar-refractivity contribution is 0.0527. The van der Waals surface area contributed by atoms with Crippen LogP contribution in [0.5, 0.6) is 0 Å².